The van der Waals surface area contributed by atoms with Gasteiger partial charge >= 0.3 is 0 Å². The molecule has 0 amide bonds. The summed E-state index contributed by atoms with van der Waals surface area (Å²) in [5.41, 5.74) is 1.68. The van der Waals surface area contributed by atoms with Crippen LogP contribution in [0, 0.1) is 0 Å². The Kier molecular flexibility index (Phi) is 4.04. The van der Waals surface area contributed by atoms with Crippen molar-refractivity contribution in [3.05, 3.63) is 57.6 Å². The fourth-order valence-corrected chi connectivity index (χ4v) is 2.71. The molecular formula is C16H12Cl2O3. The molecule has 0 fully saturated rings. The van der Waals surface area contributed by atoms with Gasteiger partial charge in [0.2, 0.25) is 0 Å². The Morgan fingerprint density at radius 3 is 2.67 bits per heavy atom. The zero-order valence-corrected chi connectivity index (χ0v) is 12.6. The Balaban J connectivity index is 1.69. The number of carbonyl (C=O) groups excluding carboxylic acids is 1. The molecule has 108 valence electrons. The lowest BCUT2D eigenvalue weighted by Gasteiger charge is -2.07. The molecule has 0 N–H and O–H groups in total. The second kappa shape index (κ2) is 5.96. The summed E-state index contributed by atoms with van der Waals surface area (Å²) in [7, 11) is 0. The predicted octanol–water partition coefficient (Wildman–Crippen LogP) is 4.19. The maximum Gasteiger partial charge on any atom is 0.200 e. The molecule has 0 aromatic heterocycles. The van der Waals surface area contributed by atoms with E-state index in [1.54, 1.807) is 24.3 Å². The number of ether oxygens (including phenoxy) is 2. The van der Waals surface area contributed by atoms with Gasteiger partial charge < -0.3 is 9.47 Å². The van der Waals surface area contributed by atoms with Crippen LogP contribution >= 0.6 is 23.2 Å². The smallest absolute Gasteiger partial charge is 0.200 e. The van der Waals surface area contributed by atoms with Crippen molar-refractivity contribution < 1.29 is 14.3 Å². The number of hydrogen-bond donors (Lipinski definition) is 0. The van der Waals surface area contributed by atoms with E-state index in [9.17, 15) is 4.79 Å². The highest BCUT2D eigenvalue weighted by Crippen LogP contribution is 2.27. The minimum atomic E-state index is -0.0965. The summed E-state index contributed by atoms with van der Waals surface area (Å²) in [6, 6.07) is 10.3. The first-order valence-electron chi connectivity index (χ1n) is 6.49. The fraction of sp³-hybridized carbons (Fsp3) is 0.188. The molecule has 21 heavy (non-hydrogen) atoms. The lowest BCUT2D eigenvalue weighted by Crippen LogP contribution is -2.11. The van der Waals surface area contributed by atoms with Gasteiger partial charge in [-0.1, -0.05) is 23.2 Å². The maximum atomic E-state index is 12.2. The van der Waals surface area contributed by atoms with E-state index in [1.807, 2.05) is 12.1 Å². The second-order valence-corrected chi connectivity index (χ2v) is 5.61. The molecule has 2 aromatic rings. The quantitative estimate of drug-likeness (QED) is 0.792. The first kappa shape index (κ1) is 14.2. The molecule has 0 spiro atoms. The largest absolute Gasteiger partial charge is 0.493 e. The van der Waals surface area contributed by atoms with Crippen molar-refractivity contribution in [3.8, 4) is 11.5 Å². The molecule has 3 nitrogen and oxygen atoms in total. The van der Waals surface area contributed by atoms with E-state index >= 15 is 0 Å². The molecule has 1 heterocycles. The van der Waals surface area contributed by atoms with Crippen molar-refractivity contribution in [2.75, 3.05) is 13.2 Å². The Bertz CT molecular complexity index is 678. The third-order valence-corrected chi connectivity index (χ3v) is 3.65. The summed E-state index contributed by atoms with van der Waals surface area (Å²) in [6.07, 6.45) is 0.835. The van der Waals surface area contributed by atoms with E-state index in [1.165, 1.54) is 0 Å². The minimum absolute atomic E-state index is 0.0592. The second-order valence-electron chi connectivity index (χ2n) is 4.74. The monoisotopic (exact) mass is 322 g/mol. The van der Waals surface area contributed by atoms with Gasteiger partial charge in [0.1, 0.15) is 11.5 Å². The molecule has 0 bridgehead atoms. The summed E-state index contributed by atoms with van der Waals surface area (Å²) >= 11 is 11.8. The van der Waals surface area contributed by atoms with Crippen molar-refractivity contribution in [1.82, 2.24) is 0 Å². The highest BCUT2D eigenvalue weighted by Gasteiger charge is 2.15. The van der Waals surface area contributed by atoms with Crippen molar-refractivity contribution >= 4 is 29.0 Å². The number of fused-ring (bicyclic) bond motifs is 1. The lowest BCUT2D eigenvalue weighted by molar-refractivity contribution is 0.0921. The van der Waals surface area contributed by atoms with E-state index in [2.05, 4.69) is 0 Å². The van der Waals surface area contributed by atoms with Crippen LogP contribution in [-0.2, 0) is 6.42 Å². The standard InChI is InChI=1S/C16H12Cl2O3/c17-12-6-13(18)8-14(7-12)21-9-15(19)10-1-2-16-11(5-10)3-4-20-16/h1-2,5-8H,3-4,9H2. The summed E-state index contributed by atoms with van der Waals surface area (Å²) in [5.74, 6) is 1.24. The minimum Gasteiger partial charge on any atom is -0.493 e. The van der Waals surface area contributed by atoms with Crippen LogP contribution in [0.3, 0.4) is 0 Å². The van der Waals surface area contributed by atoms with Crippen LogP contribution in [0.25, 0.3) is 0 Å². The number of ketones is 1. The third-order valence-electron chi connectivity index (χ3n) is 3.22. The van der Waals surface area contributed by atoms with E-state index in [0.717, 1.165) is 17.7 Å². The van der Waals surface area contributed by atoms with Gasteiger partial charge in [-0.25, -0.2) is 0 Å². The maximum absolute atomic E-state index is 12.2. The molecule has 1 aliphatic heterocycles. The van der Waals surface area contributed by atoms with Crippen molar-refractivity contribution in [3.63, 3.8) is 0 Å². The number of halogens is 2. The molecule has 1 aliphatic rings. The highest BCUT2D eigenvalue weighted by atomic mass is 35.5. The SMILES string of the molecule is O=C(COc1cc(Cl)cc(Cl)c1)c1ccc2c(c1)CCO2. The summed E-state index contributed by atoms with van der Waals surface area (Å²) < 4.78 is 10.9. The van der Waals surface area contributed by atoms with E-state index in [-0.39, 0.29) is 12.4 Å². The summed E-state index contributed by atoms with van der Waals surface area (Å²) in [6.45, 7) is 0.612. The summed E-state index contributed by atoms with van der Waals surface area (Å²) in [5, 5.41) is 0.944. The molecule has 0 aliphatic carbocycles. The molecule has 5 heteroatoms. The molecule has 0 atom stereocenters. The number of Topliss-reactive ketones (excluding diaryl/α,β-unsaturated/α-hetero) is 1. The number of hydrogen-bond acceptors (Lipinski definition) is 3. The van der Waals surface area contributed by atoms with Crippen LogP contribution in [-0.4, -0.2) is 19.0 Å². The zero-order valence-electron chi connectivity index (χ0n) is 11.1. The lowest BCUT2D eigenvalue weighted by atomic mass is 10.1. The Morgan fingerprint density at radius 2 is 1.90 bits per heavy atom. The van der Waals surface area contributed by atoms with Crippen LogP contribution in [0.4, 0.5) is 0 Å². The first-order chi connectivity index (χ1) is 10.1. The van der Waals surface area contributed by atoms with Gasteiger partial charge in [-0.15, -0.1) is 0 Å². The van der Waals surface area contributed by atoms with E-state index < -0.39 is 0 Å². The molecule has 3 rings (SSSR count). The fourth-order valence-electron chi connectivity index (χ4n) is 2.20. The first-order valence-corrected chi connectivity index (χ1v) is 7.25. The predicted molar refractivity (Wildman–Crippen MR) is 81.9 cm³/mol. The van der Waals surface area contributed by atoms with Crippen LogP contribution < -0.4 is 9.47 Å². The van der Waals surface area contributed by atoms with E-state index in [4.69, 9.17) is 32.7 Å². The third kappa shape index (κ3) is 3.31. The number of carbonyl (C=O) groups is 1. The molecule has 0 radical (unpaired) electrons. The summed E-state index contributed by atoms with van der Waals surface area (Å²) in [4.78, 5) is 12.2. The molecular weight excluding hydrogens is 311 g/mol. The Morgan fingerprint density at radius 1 is 1.14 bits per heavy atom. The van der Waals surface area contributed by atoms with Gasteiger partial charge in [0.05, 0.1) is 6.61 Å². The van der Waals surface area contributed by atoms with Crippen molar-refractivity contribution in [1.29, 1.82) is 0 Å². The average molecular weight is 323 g/mol. The van der Waals surface area contributed by atoms with Gasteiger partial charge in [0.15, 0.2) is 12.4 Å². The Labute approximate surface area is 132 Å². The van der Waals surface area contributed by atoms with Gasteiger partial charge in [0.25, 0.3) is 0 Å². The highest BCUT2D eigenvalue weighted by molar-refractivity contribution is 6.34. The van der Waals surface area contributed by atoms with Gasteiger partial charge in [0, 0.05) is 22.0 Å². The van der Waals surface area contributed by atoms with Crippen LogP contribution in [0.15, 0.2) is 36.4 Å². The van der Waals surface area contributed by atoms with Gasteiger partial charge in [-0.05, 0) is 42.0 Å². The number of rotatable bonds is 4. The molecule has 0 unspecified atom stereocenters. The zero-order chi connectivity index (χ0) is 14.8. The van der Waals surface area contributed by atoms with Crippen LogP contribution in [0.5, 0.6) is 11.5 Å². The van der Waals surface area contributed by atoms with Gasteiger partial charge in [-0.3, -0.25) is 4.79 Å². The Hall–Kier alpha value is -1.71. The average Bonchev–Trinajstić information content (AvgIpc) is 2.91. The normalized spacial score (nSPS) is 12.7. The van der Waals surface area contributed by atoms with Gasteiger partial charge in [-0.2, -0.15) is 0 Å². The van der Waals surface area contributed by atoms with Crippen molar-refractivity contribution in [2.24, 2.45) is 0 Å². The number of benzene rings is 2. The van der Waals surface area contributed by atoms with Crippen LogP contribution in [0.2, 0.25) is 10.0 Å². The molecule has 0 saturated carbocycles. The topological polar surface area (TPSA) is 35.5 Å². The molecule has 0 saturated heterocycles. The van der Waals surface area contributed by atoms with Crippen LogP contribution in [0.1, 0.15) is 15.9 Å². The van der Waals surface area contributed by atoms with E-state index in [0.29, 0.717) is 28.0 Å². The molecule has 2 aromatic carbocycles. The van der Waals surface area contributed by atoms with Crippen molar-refractivity contribution in [2.45, 2.75) is 6.42 Å².